The molecule has 0 aliphatic carbocycles. The maximum absolute atomic E-state index is 12.4. The zero-order valence-electron chi connectivity index (χ0n) is 11.7. The summed E-state index contributed by atoms with van der Waals surface area (Å²) >= 11 is 0. The average Bonchev–Trinajstić information content (AvgIpc) is 2.42. The molecule has 0 aromatic heterocycles. The lowest BCUT2D eigenvalue weighted by Crippen LogP contribution is -2.48. The van der Waals surface area contributed by atoms with Gasteiger partial charge >= 0.3 is 0 Å². The van der Waals surface area contributed by atoms with Crippen LogP contribution in [0.4, 0.5) is 0 Å². The predicted molar refractivity (Wildman–Crippen MR) is 76.5 cm³/mol. The SMILES string of the molecule is CC1CN(C)CCC1NS(=O)(=O)c1ccccc1C#N. The quantitative estimate of drug-likeness (QED) is 0.908. The van der Waals surface area contributed by atoms with Crippen molar-refractivity contribution in [2.24, 2.45) is 5.92 Å². The van der Waals surface area contributed by atoms with E-state index in [1.54, 1.807) is 12.1 Å². The van der Waals surface area contributed by atoms with Gasteiger partial charge in [-0.2, -0.15) is 5.26 Å². The molecule has 2 unspecified atom stereocenters. The lowest BCUT2D eigenvalue weighted by atomic mass is 9.95. The zero-order chi connectivity index (χ0) is 14.8. The van der Waals surface area contributed by atoms with Crippen molar-refractivity contribution in [1.29, 1.82) is 5.26 Å². The number of hydrogen-bond donors (Lipinski definition) is 1. The molecule has 1 N–H and O–H groups in total. The highest BCUT2D eigenvalue weighted by atomic mass is 32.2. The highest BCUT2D eigenvalue weighted by Crippen LogP contribution is 2.20. The number of rotatable bonds is 3. The molecule has 0 amide bonds. The Morgan fingerprint density at radius 2 is 2.10 bits per heavy atom. The van der Waals surface area contributed by atoms with Crippen molar-refractivity contribution in [3.8, 4) is 6.07 Å². The molecule has 0 bridgehead atoms. The van der Waals surface area contributed by atoms with Gasteiger partial charge in [-0.05, 0) is 38.1 Å². The highest BCUT2D eigenvalue weighted by molar-refractivity contribution is 7.89. The van der Waals surface area contributed by atoms with Crippen molar-refractivity contribution >= 4 is 10.0 Å². The standard InChI is InChI=1S/C14H19N3O2S/c1-11-10-17(2)8-7-13(11)16-20(18,19)14-6-4-3-5-12(14)9-15/h3-6,11,13,16H,7-8,10H2,1-2H3. The molecule has 2 rings (SSSR count). The Bertz CT molecular complexity index is 622. The first-order valence-electron chi connectivity index (χ1n) is 6.64. The molecule has 1 fully saturated rings. The Kier molecular flexibility index (Phi) is 4.43. The lowest BCUT2D eigenvalue weighted by molar-refractivity contribution is 0.188. The summed E-state index contributed by atoms with van der Waals surface area (Å²) in [7, 11) is -1.61. The van der Waals surface area contributed by atoms with Crippen molar-refractivity contribution in [3.63, 3.8) is 0 Å². The van der Waals surface area contributed by atoms with E-state index >= 15 is 0 Å². The van der Waals surface area contributed by atoms with Gasteiger partial charge in [-0.15, -0.1) is 0 Å². The van der Waals surface area contributed by atoms with Crippen LogP contribution in [0, 0.1) is 17.2 Å². The van der Waals surface area contributed by atoms with Gasteiger partial charge in [0.15, 0.2) is 0 Å². The van der Waals surface area contributed by atoms with E-state index < -0.39 is 10.0 Å². The predicted octanol–water partition coefficient (Wildman–Crippen LogP) is 1.18. The second-order valence-electron chi connectivity index (χ2n) is 5.36. The molecule has 0 radical (unpaired) electrons. The lowest BCUT2D eigenvalue weighted by Gasteiger charge is -2.35. The molecule has 108 valence electrons. The third-order valence-corrected chi connectivity index (χ3v) is 5.26. The van der Waals surface area contributed by atoms with Crippen LogP contribution in [0.15, 0.2) is 29.2 Å². The van der Waals surface area contributed by atoms with Gasteiger partial charge in [0.1, 0.15) is 6.07 Å². The number of benzene rings is 1. The Morgan fingerprint density at radius 1 is 1.40 bits per heavy atom. The monoisotopic (exact) mass is 293 g/mol. The Hall–Kier alpha value is -1.42. The fourth-order valence-corrected chi connectivity index (χ4v) is 4.12. The minimum absolute atomic E-state index is 0.0635. The summed E-state index contributed by atoms with van der Waals surface area (Å²) in [5.74, 6) is 0.248. The van der Waals surface area contributed by atoms with Crippen LogP contribution >= 0.6 is 0 Å². The summed E-state index contributed by atoms with van der Waals surface area (Å²) in [4.78, 5) is 2.26. The van der Waals surface area contributed by atoms with Crippen LogP contribution in [0.5, 0.6) is 0 Å². The summed E-state index contributed by atoms with van der Waals surface area (Å²) < 4.78 is 27.6. The first-order chi connectivity index (χ1) is 9.44. The van der Waals surface area contributed by atoms with Gasteiger partial charge in [-0.1, -0.05) is 19.1 Å². The molecule has 1 aromatic rings. The van der Waals surface area contributed by atoms with E-state index in [4.69, 9.17) is 5.26 Å². The van der Waals surface area contributed by atoms with Crippen molar-refractivity contribution < 1.29 is 8.42 Å². The average molecular weight is 293 g/mol. The Balaban J connectivity index is 2.22. The van der Waals surface area contributed by atoms with Crippen LogP contribution in [-0.2, 0) is 10.0 Å². The topological polar surface area (TPSA) is 73.2 Å². The summed E-state index contributed by atoms with van der Waals surface area (Å²) in [5, 5.41) is 9.03. The molecule has 20 heavy (non-hydrogen) atoms. The van der Waals surface area contributed by atoms with Gasteiger partial charge in [0, 0.05) is 12.6 Å². The van der Waals surface area contributed by atoms with Crippen LogP contribution in [0.25, 0.3) is 0 Å². The molecule has 5 nitrogen and oxygen atoms in total. The minimum atomic E-state index is -3.64. The Labute approximate surface area is 120 Å². The van der Waals surface area contributed by atoms with Gasteiger partial charge in [0.25, 0.3) is 0 Å². The maximum Gasteiger partial charge on any atom is 0.242 e. The molecule has 2 atom stereocenters. The number of piperidine rings is 1. The van der Waals surface area contributed by atoms with Gasteiger partial charge < -0.3 is 4.90 Å². The summed E-state index contributed by atoms with van der Waals surface area (Å²) in [5.41, 5.74) is 0.181. The molecule has 6 heteroatoms. The number of nitrogens with zero attached hydrogens (tertiary/aromatic N) is 2. The molecule has 1 aliphatic heterocycles. The molecular formula is C14H19N3O2S. The third-order valence-electron chi connectivity index (χ3n) is 3.71. The summed E-state index contributed by atoms with van der Waals surface area (Å²) in [6, 6.07) is 8.14. The van der Waals surface area contributed by atoms with Crippen LogP contribution in [-0.4, -0.2) is 39.5 Å². The largest absolute Gasteiger partial charge is 0.306 e. The van der Waals surface area contributed by atoms with Gasteiger partial charge in [0.2, 0.25) is 10.0 Å². The van der Waals surface area contributed by atoms with E-state index in [0.717, 1.165) is 19.5 Å². The number of sulfonamides is 1. The van der Waals surface area contributed by atoms with E-state index in [2.05, 4.69) is 9.62 Å². The van der Waals surface area contributed by atoms with E-state index in [1.165, 1.54) is 12.1 Å². The molecule has 1 aliphatic rings. The summed E-state index contributed by atoms with van der Waals surface area (Å²) in [6.07, 6.45) is 0.783. The van der Waals surface area contributed by atoms with Crippen molar-refractivity contribution in [2.75, 3.05) is 20.1 Å². The number of nitriles is 1. The van der Waals surface area contributed by atoms with Crippen LogP contribution in [0.2, 0.25) is 0 Å². The third kappa shape index (κ3) is 3.18. The van der Waals surface area contributed by atoms with Gasteiger partial charge in [0.05, 0.1) is 10.5 Å². The molecule has 1 aromatic carbocycles. The van der Waals surface area contributed by atoms with Crippen molar-refractivity contribution in [3.05, 3.63) is 29.8 Å². The fraction of sp³-hybridized carbons (Fsp3) is 0.500. The minimum Gasteiger partial charge on any atom is -0.306 e. The number of likely N-dealkylation sites (tertiary alicyclic amines) is 1. The molecule has 1 heterocycles. The summed E-state index contributed by atoms with van der Waals surface area (Å²) in [6.45, 7) is 3.78. The first-order valence-corrected chi connectivity index (χ1v) is 8.12. The number of nitrogens with one attached hydrogen (secondary N) is 1. The van der Waals surface area contributed by atoms with Crippen molar-refractivity contribution in [1.82, 2.24) is 9.62 Å². The van der Waals surface area contributed by atoms with Crippen LogP contribution in [0.1, 0.15) is 18.9 Å². The molecular weight excluding hydrogens is 274 g/mol. The molecule has 1 saturated heterocycles. The van der Waals surface area contributed by atoms with E-state index in [9.17, 15) is 8.42 Å². The molecule has 0 spiro atoms. The fourth-order valence-electron chi connectivity index (χ4n) is 2.59. The van der Waals surface area contributed by atoms with E-state index in [1.807, 2.05) is 20.0 Å². The first kappa shape index (κ1) is 15.0. The molecule has 0 saturated carbocycles. The van der Waals surface area contributed by atoms with Gasteiger partial charge in [-0.25, -0.2) is 13.1 Å². The van der Waals surface area contributed by atoms with Crippen LogP contribution < -0.4 is 4.72 Å². The van der Waals surface area contributed by atoms with Crippen LogP contribution in [0.3, 0.4) is 0 Å². The number of hydrogen-bond acceptors (Lipinski definition) is 4. The Morgan fingerprint density at radius 3 is 2.75 bits per heavy atom. The van der Waals surface area contributed by atoms with Gasteiger partial charge in [-0.3, -0.25) is 0 Å². The zero-order valence-corrected chi connectivity index (χ0v) is 12.5. The maximum atomic E-state index is 12.4. The normalized spacial score (nSPS) is 24.2. The van der Waals surface area contributed by atoms with E-state index in [0.29, 0.717) is 0 Å². The second-order valence-corrected chi connectivity index (χ2v) is 7.05. The smallest absolute Gasteiger partial charge is 0.242 e. The van der Waals surface area contributed by atoms with E-state index in [-0.39, 0.29) is 22.4 Å². The second kappa shape index (κ2) is 5.92. The van der Waals surface area contributed by atoms with Crippen molar-refractivity contribution in [2.45, 2.75) is 24.3 Å². The highest BCUT2D eigenvalue weighted by Gasteiger charge is 2.29.